The van der Waals surface area contributed by atoms with E-state index in [1.165, 1.54) is 17.4 Å². The fraction of sp³-hybridized carbons (Fsp3) is 0.333. The monoisotopic (exact) mass is 476 g/mol. The van der Waals surface area contributed by atoms with Crippen LogP contribution in [0.25, 0.3) is 11.3 Å². The molecule has 2 heterocycles. The summed E-state index contributed by atoms with van der Waals surface area (Å²) in [7, 11) is 1.59. The van der Waals surface area contributed by atoms with Gasteiger partial charge in [0.15, 0.2) is 5.13 Å². The van der Waals surface area contributed by atoms with Gasteiger partial charge in [0, 0.05) is 23.7 Å². The average molecular weight is 477 g/mol. The molecule has 0 aliphatic carbocycles. The van der Waals surface area contributed by atoms with E-state index in [0.29, 0.717) is 10.7 Å². The van der Waals surface area contributed by atoms with Crippen LogP contribution in [0.3, 0.4) is 0 Å². The normalized spacial score (nSPS) is 15.8. The molecule has 1 fully saturated rings. The Balaban J connectivity index is 1.64. The first-order valence-electron chi connectivity index (χ1n) is 10.4. The number of hydrogen-bond donors (Lipinski definition) is 1. The lowest BCUT2D eigenvalue weighted by molar-refractivity contribution is -0.138. The molecule has 0 spiro atoms. The predicted octanol–water partition coefficient (Wildman–Crippen LogP) is 5.83. The van der Waals surface area contributed by atoms with Gasteiger partial charge in [-0.2, -0.15) is 13.2 Å². The zero-order valence-electron chi connectivity index (χ0n) is 18.2. The minimum absolute atomic E-state index is 0.288. The minimum Gasteiger partial charge on any atom is -0.497 e. The third-order valence-corrected chi connectivity index (χ3v) is 6.79. The highest BCUT2D eigenvalue weighted by Crippen LogP contribution is 2.40. The van der Waals surface area contributed by atoms with Crippen molar-refractivity contribution in [2.24, 2.45) is 0 Å². The summed E-state index contributed by atoms with van der Waals surface area (Å²) in [5.74, 6) is 0.350. The average Bonchev–Trinajstić information content (AvgIpc) is 3.18. The van der Waals surface area contributed by atoms with Gasteiger partial charge in [0.2, 0.25) is 5.91 Å². The van der Waals surface area contributed by atoms with Crippen LogP contribution in [-0.2, 0) is 21.1 Å². The molecule has 1 aliphatic heterocycles. The Labute approximate surface area is 193 Å². The van der Waals surface area contributed by atoms with E-state index in [1.807, 2.05) is 31.2 Å². The van der Waals surface area contributed by atoms with Crippen molar-refractivity contribution in [1.82, 2.24) is 4.98 Å². The van der Waals surface area contributed by atoms with Crippen LogP contribution in [0, 0.1) is 6.92 Å². The van der Waals surface area contributed by atoms with E-state index in [-0.39, 0.29) is 32.0 Å². The molecule has 0 bridgehead atoms. The summed E-state index contributed by atoms with van der Waals surface area (Å²) >= 11 is 1.33. The van der Waals surface area contributed by atoms with Crippen LogP contribution in [0.1, 0.15) is 28.8 Å². The molecule has 0 radical (unpaired) electrons. The molecule has 2 aromatic carbocycles. The molecule has 0 atom stereocenters. The molecule has 3 aromatic rings. The molecule has 4 rings (SSSR count). The van der Waals surface area contributed by atoms with Crippen molar-refractivity contribution in [3.8, 4) is 17.0 Å². The van der Waals surface area contributed by atoms with Gasteiger partial charge in [-0.3, -0.25) is 4.79 Å². The molecule has 0 unspecified atom stereocenters. The Kier molecular flexibility index (Phi) is 6.45. The summed E-state index contributed by atoms with van der Waals surface area (Å²) in [6, 6.07) is 12.4. The maximum Gasteiger partial charge on any atom is 0.416 e. The first kappa shape index (κ1) is 23.3. The Morgan fingerprint density at radius 2 is 1.85 bits per heavy atom. The first-order chi connectivity index (χ1) is 15.7. The van der Waals surface area contributed by atoms with Gasteiger partial charge >= 0.3 is 6.18 Å². The van der Waals surface area contributed by atoms with E-state index < -0.39 is 17.2 Å². The van der Waals surface area contributed by atoms with Gasteiger partial charge < -0.3 is 14.8 Å². The zero-order chi connectivity index (χ0) is 23.6. The number of aryl methyl sites for hydroxylation is 1. The number of rotatable bonds is 5. The molecule has 5 nitrogen and oxygen atoms in total. The third kappa shape index (κ3) is 4.74. The molecule has 33 heavy (non-hydrogen) atoms. The Morgan fingerprint density at radius 3 is 2.48 bits per heavy atom. The zero-order valence-corrected chi connectivity index (χ0v) is 19.0. The summed E-state index contributed by atoms with van der Waals surface area (Å²) in [5, 5.41) is 3.27. The Bertz CT molecular complexity index is 1140. The second-order valence-electron chi connectivity index (χ2n) is 7.88. The summed E-state index contributed by atoms with van der Waals surface area (Å²) in [6.45, 7) is 2.49. The second-order valence-corrected chi connectivity index (χ2v) is 9.08. The summed E-state index contributed by atoms with van der Waals surface area (Å²) in [6.07, 6.45) is -3.91. The van der Waals surface area contributed by atoms with Crippen LogP contribution in [0.5, 0.6) is 5.75 Å². The Morgan fingerprint density at radius 1 is 1.15 bits per heavy atom. The molecule has 1 amide bonds. The number of nitrogens with one attached hydrogen (secondary N) is 1. The van der Waals surface area contributed by atoms with Gasteiger partial charge in [0.25, 0.3) is 0 Å². The lowest BCUT2D eigenvalue weighted by Crippen LogP contribution is -2.45. The quantitative estimate of drug-likeness (QED) is 0.503. The summed E-state index contributed by atoms with van der Waals surface area (Å²) in [4.78, 5) is 19.0. The SMILES string of the molecule is COc1ccc(-c2nc(NC(=O)C3(c4cccc(C(F)(F)F)c4)CCOCC3)sc2C)cc1. The van der Waals surface area contributed by atoms with E-state index in [9.17, 15) is 18.0 Å². The summed E-state index contributed by atoms with van der Waals surface area (Å²) < 4.78 is 50.6. The van der Waals surface area contributed by atoms with Crippen LogP contribution in [0.2, 0.25) is 0 Å². The minimum atomic E-state index is -4.49. The first-order valence-corrected chi connectivity index (χ1v) is 11.2. The highest BCUT2D eigenvalue weighted by Gasteiger charge is 2.43. The number of amides is 1. The van der Waals surface area contributed by atoms with Crippen molar-refractivity contribution < 1.29 is 27.4 Å². The van der Waals surface area contributed by atoms with E-state index in [4.69, 9.17) is 9.47 Å². The lowest BCUT2D eigenvalue weighted by Gasteiger charge is -2.36. The lowest BCUT2D eigenvalue weighted by atomic mass is 9.73. The predicted molar refractivity (Wildman–Crippen MR) is 121 cm³/mol. The number of methoxy groups -OCH3 is 1. The van der Waals surface area contributed by atoms with Crippen LogP contribution in [0.4, 0.5) is 18.3 Å². The van der Waals surface area contributed by atoms with Gasteiger partial charge in [0.05, 0.1) is 23.8 Å². The third-order valence-electron chi connectivity index (χ3n) is 5.90. The number of ether oxygens (including phenoxy) is 2. The van der Waals surface area contributed by atoms with Crippen molar-refractivity contribution in [1.29, 1.82) is 0 Å². The Hall–Kier alpha value is -2.91. The number of carbonyl (C=O) groups is 1. The molecular formula is C24H23F3N2O3S. The number of thiazole rings is 1. The second kappa shape index (κ2) is 9.15. The van der Waals surface area contributed by atoms with Gasteiger partial charge in [-0.1, -0.05) is 18.2 Å². The van der Waals surface area contributed by atoms with Gasteiger partial charge in [0.1, 0.15) is 5.75 Å². The van der Waals surface area contributed by atoms with Gasteiger partial charge in [-0.15, -0.1) is 11.3 Å². The smallest absolute Gasteiger partial charge is 0.416 e. The number of aromatic nitrogens is 1. The fourth-order valence-electron chi connectivity index (χ4n) is 4.04. The van der Waals surface area contributed by atoms with E-state index in [2.05, 4.69) is 10.3 Å². The van der Waals surface area contributed by atoms with E-state index in [0.717, 1.165) is 34.0 Å². The number of benzene rings is 2. The molecule has 1 saturated heterocycles. The van der Waals surface area contributed by atoms with Crippen LogP contribution in [-0.4, -0.2) is 31.2 Å². The number of halogens is 3. The van der Waals surface area contributed by atoms with Crippen LogP contribution in [0.15, 0.2) is 48.5 Å². The molecule has 174 valence electrons. The molecule has 1 N–H and O–H groups in total. The van der Waals surface area contributed by atoms with Crippen LogP contribution < -0.4 is 10.1 Å². The molecule has 0 saturated carbocycles. The van der Waals surface area contributed by atoms with E-state index >= 15 is 0 Å². The molecule has 1 aromatic heterocycles. The molecule has 1 aliphatic rings. The molecular weight excluding hydrogens is 453 g/mol. The van der Waals surface area contributed by atoms with Crippen molar-refractivity contribution in [3.05, 3.63) is 64.5 Å². The standard InChI is InChI=1S/C24H23F3N2O3S/c1-15-20(16-6-8-19(31-2)9-7-16)28-22(33-15)29-21(30)23(10-12-32-13-11-23)17-4-3-5-18(14-17)24(25,26)27/h3-9,14H,10-13H2,1-2H3,(H,28,29,30). The number of nitrogens with zero attached hydrogens (tertiary/aromatic N) is 1. The van der Waals surface area contributed by atoms with Crippen molar-refractivity contribution >= 4 is 22.4 Å². The topological polar surface area (TPSA) is 60.5 Å². The molecule has 9 heteroatoms. The maximum absolute atomic E-state index is 13.5. The van der Waals surface area contributed by atoms with Gasteiger partial charge in [-0.05, 0) is 55.7 Å². The number of hydrogen-bond acceptors (Lipinski definition) is 5. The number of anilines is 1. The highest BCUT2D eigenvalue weighted by molar-refractivity contribution is 7.16. The van der Waals surface area contributed by atoms with Gasteiger partial charge in [-0.25, -0.2) is 4.98 Å². The number of carbonyl (C=O) groups excluding carboxylic acids is 1. The largest absolute Gasteiger partial charge is 0.497 e. The van der Waals surface area contributed by atoms with Crippen molar-refractivity contribution in [2.75, 3.05) is 25.6 Å². The summed E-state index contributed by atoms with van der Waals surface area (Å²) in [5.41, 5.74) is 0.0494. The van der Waals surface area contributed by atoms with Crippen LogP contribution >= 0.6 is 11.3 Å². The van der Waals surface area contributed by atoms with Crippen molar-refractivity contribution in [3.63, 3.8) is 0 Å². The maximum atomic E-state index is 13.5. The van der Waals surface area contributed by atoms with Crippen molar-refractivity contribution in [2.45, 2.75) is 31.4 Å². The fourth-order valence-corrected chi connectivity index (χ4v) is 4.87. The van der Waals surface area contributed by atoms with E-state index in [1.54, 1.807) is 13.2 Å². The number of alkyl halides is 3. The highest BCUT2D eigenvalue weighted by atomic mass is 32.1.